The van der Waals surface area contributed by atoms with Gasteiger partial charge in [-0.1, -0.05) is 5.16 Å². The van der Waals surface area contributed by atoms with Gasteiger partial charge in [0.2, 0.25) is 18.2 Å². The number of aliphatic carboxylic acids is 1. The molecule has 0 aliphatic rings. The first-order valence-corrected chi connectivity index (χ1v) is 9.35. The molecule has 0 saturated heterocycles. The van der Waals surface area contributed by atoms with Crippen molar-refractivity contribution in [2.75, 3.05) is 17.8 Å². The Hall–Kier alpha value is -3.58. The molecule has 14 heteroatoms. The summed E-state index contributed by atoms with van der Waals surface area (Å²) in [5.41, 5.74) is -0.258. The summed E-state index contributed by atoms with van der Waals surface area (Å²) in [6, 6.07) is 5.38. The fourth-order valence-electron chi connectivity index (χ4n) is 1.86. The molecule has 2 rings (SSSR count). The number of nitro benzene ring substituents is 1. The van der Waals surface area contributed by atoms with Gasteiger partial charge in [0.25, 0.3) is 5.69 Å². The number of aromatic nitrogens is 1. The molecule has 12 nitrogen and oxygen atoms in total. The third-order valence-electron chi connectivity index (χ3n) is 3.20. The third-order valence-corrected chi connectivity index (χ3v) is 4.20. The van der Waals surface area contributed by atoms with Crippen molar-refractivity contribution in [3.63, 3.8) is 0 Å². The second kappa shape index (κ2) is 10.8. The highest BCUT2D eigenvalue weighted by Crippen LogP contribution is 2.16. The summed E-state index contributed by atoms with van der Waals surface area (Å²) >= 11 is 6.31. The van der Waals surface area contributed by atoms with Crippen molar-refractivity contribution in [3.05, 3.63) is 51.0 Å². The van der Waals surface area contributed by atoms with Crippen LogP contribution in [0.3, 0.4) is 0 Å². The van der Waals surface area contributed by atoms with Crippen LogP contribution in [0.4, 0.5) is 10.8 Å². The normalized spacial score (nSPS) is 10.9. The number of nitrogens with one attached hydrogen (secondary N) is 1. The molecule has 1 aromatic heterocycles. The molecular formula is C16H13ClN4O8S. The number of rotatable bonds is 10. The second-order valence-corrected chi connectivity index (χ2v) is 6.45. The van der Waals surface area contributed by atoms with Gasteiger partial charge in [0, 0.05) is 17.5 Å². The van der Waals surface area contributed by atoms with Crippen LogP contribution in [-0.2, 0) is 30.6 Å². The molecule has 30 heavy (non-hydrogen) atoms. The second-order valence-electron chi connectivity index (χ2n) is 5.32. The van der Waals surface area contributed by atoms with Gasteiger partial charge < -0.3 is 20.0 Å². The Bertz CT molecular complexity index is 976. The van der Waals surface area contributed by atoms with Gasteiger partial charge >= 0.3 is 11.9 Å². The smallest absolute Gasteiger partial charge is 0.360 e. The van der Waals surface area contributed by atoms with Gasteiger partial charge in [-0.2, -0.15) is 0 Å². The Morgan fingerprint density at radius 2 is 2.00 bits per heavy atom. The number of carboxylic acid groups (broad SMARTS) is 1. The molecule has 0 radical (unpaired) electrons. The highest BCUT2D eigenvalue weighted by atomic mass is 35.5. The lowest BCUT2D eigenvalue weighted by Crippen LogP contribution is -2.18. The lowest BCUT2D eigenvalue weighted by molar-refractivity contribution is -0.384. The fraction of sp³-hybridized carbons (Fsp3) is 0.188. The van der Waals surface area contributed by atoms with Crippen molar-refractivity contribution < 1.29 is 34.0 Å². The molecule has 158 valence electrons. The van der Waals surface area contributed by atoms with Crippen molar-refractivity contribution in [1.29, 1.82) is 0 Å². The van der Waals surface area contributed by atoms with Crippen LogP contribution >= 0.6 is 22.9 Å². The van der Waals surface area contributed by atoms with Gasteiger partial charge in [-0.15, -0.1) is 22.9 Å². The number of benzene rings is 1. The molecule has 0 saturated carbocycles. The Labute approximate surface area is 177 Å². The number of ether oxygens (including phenoxy) is 1. The van der Waals surface area contributed by atoms with Crippen molar-refractivity contribution in [3.8, 4) is 0 Å². The van der Waals surface area contributed by atoms with Gasteiger partial charge in [-0.25, -0.2) is 14.6 Å². The van der Waals surface area contributed by atoms with Crippen LogP contribution < -0.4 is 5.32 Å². The van der Waals surface area contributed by atoms with Gasteiger partial charge in [-0.3, -0.25) is 14.9 Å². The minimum absolute atomic E-state index is 0.0865. The van der Waals surface area contributed by atoms with Gasteiger partial charge in [0.1, 0.15) is 18.2 Å². The first kappa shape index (κ1) is 22.7. The number of nitrogens with zero attached hydrogens (tertiary/aromatic N) is 3. The van der Waals surface area contributed by atoms with Crippen LogP contribution in [0.2, 0.25) is 0 Å². The minimum atomic E-state index is -1.46. The largest absolute Gasteiger partial charge is 0.476 e. The zero-order valence-electron chi connectivity index (χ0n) is 14.9. The maximum absolute atomic E-state index is 11.7. The van der Waals surface area contributed by atoms with E-state index in [9.17, 15) is 29.6 Å². The Morgan fingerprint density at radius 3 is 2.60 bits per heavy atom. The number of nitro groups is 1. The summed E-state index contributed by atoms with van der Waals surface area (Å²) in [6.07, 6.45) is 0. The van der Waals surface area contributed by atoms with Crippen LogP contribution in [0.5, 0.6) is 0 Å². The van der Waals surface area contributed by atoms with E-state index < -0.39 is 35.1 Å². The highest BCUT2D eigenvalue weighted by molar-refractivity contribution is 7.14. The number of amides is 1. The lowest BCUT2D eigenvalue weighted by atomic mass is 10.2. The number of hydrogen-bond donors (Lipinski definition) is 2. The standard InChI is InChI=1S/C16H13ClN4O8S/c17-5-12(22)19-16-18-11(8-30-16)14(15(24)25)20-29-7-13(23)28-6-9-1-3-10(4-2-9)21(26)27/h1-4,8H,5-7H2,(H,24,25)(H,18,19,22)/b20-14-. The topological polar surface area (TPSA) is 170 Å². The van der Waals surface area contributed by atoms with Crippen LogP contribution in [0, 0.1) is 10.1 Å². The number of esters is 1. The summed E-state index contributed by atoms with van der Waals surface area (Å²) in [7, 11) is 0. The van der Waals surface area contributed by atoms with E-state index >= 15 is 0 Å². The number of oxime groups is 1. The predicted molar refractivity (Wildman–Crippen MR) is 104 cm³/mol. The van der Waals surface area contributed by atoms with Crippen molar-refractivity contribution in [2.24, 2.45) is 5.16 Å². The molecule has 0 bridgehead atoms. The van der Waals surface area contributed by atoms with E-state index in [1.54, 1.807) is 0 Å². The van der Waals surface area contributed by atoms with E-state index in [0.29, 0.717) is 5.56 Å². The monoisotopic (exact) mass is 456 g/mol. The maximum atomic E-state index is 11.7. The van der Waals surface area contributed by atoms with Crippen LogP contribution in [0.1, 0.15) is 11.3 Å². The Kier molecular flexibility index (Phi) is 8.19. The molecule has 1 aromatic carbocycles. The third kappa shape index (κ3) is 6.79. The average molecular weight is 457 g/mol. The molecular weight excluding hydrogens is 444 g/mol. The number of halogens is 1. The van der Waals surface area contributed by atoms with Crippen molar-refractivity contribution in [2.45, 2.75) is 6.61 Å². The van der Waals surface area contributed by atoms with E-state index in [1.165, 1.54) is 29.6 Å². The van der Waals surface area contributed by atoms with Crippen LogP contribution in [-0.4, -0.2) is 51.1 Å². The number of carbonyl (C=O) groups excluding carboxylic acids is 2. The summed E-state index contributed by atoms with van der Waals surface area (Å²) in [4.78, 5) is 52.9. The molecule has 0 spiro atoms. The van der Waals surface area contributed by atoms with Crippen LogP contribution in [0.25, 0.3) is 0 Å². The quantitative estimate of drug-likeness (QED) is 0.178. The first-order valence-electron chi connectivity index (χ1n) is 7.94. The van der Waals surface area contributed by atoms with E-state index in [1.807, 2.05) is 0 Å². The van der Waals surface area contributed by atoms with E-state index in [2.05, 4.69) is 15.5 Å². The van der Waals surface area contributed by atoms with Gasteiger partial charge in [-0.05, 0) is 17.7 Å². The number of carbonyl (C=O) groups is 3. The molecule has 0 atom stereocenters. The van der Waals surface area contributed by atoms with Gasteiger partial charge in [0.15, 0.2) is 5.13 Å². The SMILES string of the molecule is O=C(CCl)Nc1nc(/C(=N/OCC(=O)OCc2ccc([N+](=O)[O-])cc2)C(=O)O)cs1. The number of carboxylic acids is 1. The van der Waals surface area contributed by atoms with Crippen molar-refractivity contribution in [1.82, 2.24) is 4.98 Å². The molecule has 2 aromatic rings. The Morgan fingerprint density at radius 1 is 1.30 bits per heavy atom. The average Bonchev–Trinajstić information content (AvgIpc) is 3.17. The summed E-state index contributed by atoms with van der Waals surface area (Å²) in [5, 5.41) is 27.0. The molecule has 0 unspecified atom stereocenters. The number of alkyl halides is 1. The molecule has 1 amide bonds. The summed E-state index contributed by atoms with van der Waals surface area (Å²) in [5.74, 6) is -3.11. The van der Waals surface area contributed by atoms with E-state index in [0.717, 1.165) is 11.3 Å². The molecule has 0 fully saturated rings. The molecule has 0 aliphatic heterocycles. The van der Waals surface area contributed by atoms with E-state index in [-0.39, 0.29) is 29.0 Å². The summed E-state index contributed by atoms with van der Waals surface area (Å²) < 4.78 is 4.91. The number of hydrogen-bond acceptors (Lipinski definition) is 10. The number of thiazole rings is 1. The number of non-ortho nitro benzene ring substituents is 1. The van der Waals surface area contributed by atoms with Crippen molar-refractivity contribution >= 4 is 57.3 Å². The molecule has 1 heterocycles. The number of anilines is 1. The fourth-order valence-corrected chi connectivity index (χ4v) is 2.64. The predicted octanol–water partition coefficient (Wildman–Crippen LogP) is 1.78. The molecule has 0 aliphatic carbocycles. The van der Waals surface area contributed by atoms with Gasteiger partial charge in [0.05, 0.1) is 4.92 Å². The maximum Gasteiger partial charge on any atom is 0.360 e. The zero-order chi connectivity index (χ0) is 22.1. The van der Waals surface area contributed by atoms with Crippen LogP contribution in [0.15, 0.2) is 34.8 Å². The Balaban J connectivity index is 1.89. The summed E-state index contributed by atoms with van der Waals surface area (Å²) in [6.45, 7) is -0.838. The first-order chi connectivity index (χ1) is 14.3. The zero-order valence-corrected chi connectivity index (χ0v) is 16.5. The minimum Gasteiger partial charge on any atom is -0.476 e. The lowest BCUT2D eigenvalue weighted by Gasteiger charge is -2.04. The van der Waals surface area contributed by atoms with E-state index in [4.69, 9.17) is 21.2 Å². The molecule has 2 N–H and O–H groups in total. The highest BCUT2D eigenvalue weighted by Gasteiger charge is 2.19.